The van der Waals surface area contributed by atoms with Gasteiger partial charge in [0, 0.05) is 6.54 Å². The number of anilines is 2. The van der Waals surface area contributed by atoms with Gasteiger partial charge >= 0.3 is 5.97 Å². The number of rotatable bonds is 13. The summed E-state index contributed by atoms with van der Waals surface area (Å²) in [5, 5.41) is 16.3. The number of ether oxygens (including phenoxy) is 1. The number of nitrogens with one attached hydrogen (secondary N) is 3. The van der Waals surface area contributed by atoms with E-state index in [-0.39, 0.29) is 33.7 Å². The molecule has 0 saturated carbocycles. The number of methoxy groups -OCH3 is 1. The molecule has 9 heteroatoms. The highest BCUT2D eigenvalue weighted by Gasteiger charge is 2.27. The number of hydrogen-bond acceptors (Lipinski definition) is 6. The van der Waals surface area contributed by atoms with Crippen LogP contribution in [-0.4, -0.2) is 46.2 Å². The van der Waals surface area contributed by atoms with E-state index < -0.39 is 16.0 Å². The van der Waals surface area contributed by atoms with Gasteiger partial charge in [-0.25, -0.2) is 13.2 Å². The third kappa shape index (κ3) is 6.61. The molecule has 1 unspecified atom stereocenters. The van der Waals surface area contributed by atoms with Crippen molar-refractivity contribution >= 4 is 27.4 Å². The maximum absolute atomic E-state index is 13.3. The Kier molecular flexibility index (Phi) is 9.55. The van der Waals surface area contributed by atoms with Crippen LogP contribution in [0.1, 0.15) is 56.0 Å². The monoisotopic (exact) mass is 477 g/mol. The molecular weight excluding hydrogens is 442 g/mol. The Morgan fingerprint density at radius 3 is 2.36 bits per heavy atom. The van der Waals surface area contributed by atoms with Gasteiger partial charge in [0.15, 0.2) is 0 Å². The van der Waals surface area contributed by atoms with Crippen molar-refractivity contribution in [2.45, 2.75) is 44.9 Å². The van der Waals surface area contributed by atoms with Crippen molar-refractivity contribution in [2.24, 2.45) is 5.92 Å². The van der Waals surface area contributed by atoms with Gasteiger partial charge in [-0.2, -0.15) is 0 Å². The van der Waals surface area contributed by atoms with Gasteiger partial charge in [0.05, 0.1) is 18.5 Å². The Morgan fingerprint density at radius 1 is 1.06 bits per heavy atom. The van der Waals surface area contributed by atoms with Crippen LogP contribution in [0, 0.1) is 5.92 Å². The normalized spacial score (nSPS) is 12.4. The van der Waals surface area contributed by atoms with Crippen molar-refractivity contribution in [1.29, 1.82) is 0 Å². The van der Waals surface area contributed by atoms with Crippen LogP contribution in [0.5, 0.6) is 5.75 Å². The van der Waals surface area contributed by atoms with Crippen LogP contribution in [-0.2, 0) is 10.0 Å². The van der Waals surface area contributed by atoms with Crippen molar-refractivity contribution < 1.29 is 23.1 Å². The molecule has 0 heterocycles. The first kappa shape index (κ1) is 26.5. The van der Waals surface area contributed by atoms with E-state index in [1.54, 1.807) is 24.3 Å². The van der Waals surface area contributed by atoms with Gasteiger partial charge < -0.3 is 20.5 Å². The van der Waals surface area contributed by atoms with Gasteiger partial charge in [-0.1, -0.05) is 45.9 Å². The van der Waals surface area contributed by atoms with E-state index in [0.717, 1.165) is 25.1 Å². The summed E-state index contributed by atoms with van der Waals surface area (Å²) < 4.78 is 34.4. The molecule has 33 heavy (non-hydrogen) atoms. The molecule has 0 saturated heterocycles. The summed E-state index contributed by atoms with van der Waals surface area (Å²) in [6.45, 7) is 10.4. The largest absolute Gasteiger partial charge is 0.495 e. The molecule has 0 bridgehead atoms. The molecule has 182 valence electrons. The number of carbonyl (C=O) groups is 1. The fraction of sp³-hybridized carbons (Fsp3) is 0.458. The first-order valence-corrected chi connectivity index (χ1v) is 12.6. The predicted octanol–water partition coefficient (Wildman–Crippen LogP) is 4.37. The lowest BCUT2D eigenvalue weighted by Crippen LogP contribution is -2.20. The van der Waals surface area contributed by atoms with E-state index in [1.165, 1.54) is 19.2 Å². The highest BCUT2D eigenvalue weighted by molar-refractivity contribution is 7.92. The number of carboxylic acids is 1. The molecule has 0 aliphatic carbocycles. The van der Waals surface area contributed by atoms with Crippen LogP contribution in [0.2, 0.25) is 0 Å². The zero-order valence-electron chi connectivity index (χ0n) is 19.9. The van der Waals surface area contributed by atoms with E-state index in [9.17, 15) is 18.3 Å². The number of sulfonamides is 1. The number of para-hydroxylation sites is 1. The lowest BCUT2D eigenvalue weighted by molar-refractivity contribution is 0.0694. The Morgan fingerprint density at radius 2 is 1.76 bits per heavy atom. The molecule has 0 fully saturated rings. The molecule has 0 aliphatic rings. The van der Waals surface area contributed by atoms with Crippen molar-refractivity contribution in [3.63, 3.8) is 0 Å². The zero-order valence-corrected chi connectivity index (χ0v) is 20.8. The minimum atomic E-state index is -4.07. The summed E-state index contributed by atoms with van der Waals surface area (Å²) >= 11 is 0. The molecule has 8 nitrogen and oxygen atoms in total. The summed E-state index contributed by atoms with van der Waals surface area (Å²) in [5.74, 6) is -0.833. The van der Waals surface area contributed by atoms with Crippen molar-refractivity contribution in [3.05, 3.63) is 47.5 Å². The van der Waals surface area contributed by atoms with Gasteiger partial charge in [0.25, 0.3) is 10.0 Å². The van der Waals surface area contributed by atoms with Gasteiger partial charge in [0.2, 0.25) is 0 Å². The molecule has 0 aromatic heterocycles. The first-order chi connectivity index (χ1) is 15.6. The summed E-state index contributed by atoms with van der Waals surface area (Å²) in [6, 6.07) is 9.77. The van der Waals surface area contributed by atoms with Gasteiger partial charge in [-0.3, -0.25) is 4.72 Å². The Labute approximate surface area is 196 Å². The molecule has 0 amide bonds. The van der Waals surface area contributed by atoms with Crippen molar-refractivity contribution in [2.75, 3.05) is 36.8 Å². The zero-order chi connectivity index (χ0) is 24.6. The molecular formula is C24H35N3O5S. The second kappa shape index (κ2) is 11.9. The third-order valence-corrected chi connectivity index (χ3v) is 7.04. The summed E-state index contributed by atoms with van der Waals surface area (Å²) in [7, 11) is -2.68. The Hall–Kier alpha value is -2.78. The lowest BCUT2D eigenvalue weighted by atomic mass is 9.88. The fourth-order valence-electron chi connectivity index (χ4n) is 3.49. The topological polar surface area (TPSA) is 117 Å². The lowest BCUT2D eigenvalue weighted by Gasteiger charge is -2.22. The summed E-state index contributed by atoms with van der Waals surface area (Å²) in [4.78, 5) is 12.2. The molecule has 2 aromatic rings. The highest BCUT2D eigenvalue weighted by Crippen LogP contribution is 2.38. The molecule has 2 aromatic carbocycles. The molecule has 0 aliphatic heterocycles. The number of benzene rings is 2. The van der Waals surface area contributed by atoms with Gasteiger partial charge in [-0.05, 0) is 55.1 Å². The van der Waals surface area contributed by atoms with Crippen molar-refractivity contribution in [1.82, 2.24) is 5.32 Å². The minimum Gasteiger partial charge on any atom is -0.495 e. The number of hydrogen-bond donors (Lipinski definition) is 4. The SMILES string of the molecule is CCNCCCNc1ccccc1S(=O)(=O)Nc1ccc(C(C)C(C)C)c(OC)c1C(=O)O. The van der Waals surface area contributed by atoms with E-state index in [0.29, 0.717) is 12.2 Å². The molecule has 1 atom stereocenters. The predicted molar refractivity (Wildman–Crippen MR) is 132 cm³/mol. The van der Waals surface area contributed by atoms with E-state index in [1.807, 2.05) is 27.7 Å². The molecule has 0 radical (unpaired) electrons. The summed E-state index contributed by atoms with van der Waals surface area (Å²) in [5.41, 5.74) is 0.925. The summed E-state index contributed by atoms with van der Waals surface area (Å²) in [6.07, 6.45) is 0.825. The Bertz CT molecular complexity index is 1050. The van der Waals surface area contributed by atoms with Crippen LogP contribution in [0.15, 0.2) is 41.3 Å². The van der Waals surface area contributed by atoms with Crippen LogP contribution in [0.4, 0.5) is 11.4 Å². The Balaban J connectivity index is 2.41. The average Bonchev–Trinajstić information content (AvgIpc) is 2.77. The maximum Gasteiger partial charge on any atom is 0.341 e. The standard InChI is InChI=1S/C24H35N3O5S/c1-6-25-14-9-15-26-19-10-7-8-11-21(19)33(30,31)27-20-13-12-18(17(4)16(2)3)23(32-5)22(20)24(28)29/h7-8,10-13,16-17,25-27H,6,9,14-15H2,1-5H3,(H,28,29). The fourth-order valence-corrected chi connectivity index (χ4v) is 4.75. The molecule has 2 rings (SSSR count). The van der Waals surface area contributed by atoms with E-state index >= 15 is 0 Å². The van der Waals surface area contributed by atoms with E-state index in [4.69, 9.17) is 4.74 Å². The second-order valence-corrected chi connectivity index (χ2v) is 9.83. The maximum atomic E-state index is 13.3. The highest BCUT2D eigenvalue weighted by atomic mass is 32.2. The average molecular weight is 478 g/mol. The van der Waals surface area contributed by atoms with Crippen LogP contribution < -0.4 is 20.1 Å². The van der Waals surface area contributed by atoms with Gasteiger partial charge in [-0.15, -0.1) is 0 Å². The van der Waals surface area contributed by atoms with Crippen LogP contribution >= 0.6 is 0 Å². The van der Waals surface area contributed by atoms with Crippen molar-refractivity contribution in [3.8, 4) is 5.75 Å². The molecule has 0 spiro atoms. The third-order valence-electron chi connectivity index (χ3n) is 5.61. The first-order valence-electron chi connectivity index (χ1n) is 11.1. The number of carboxylic acid groups (broad SMARTS) is 1. The second-order valence-electron chi connectivity index (χ2n) is 8.18. The van der Waals surface area contributed by atoms with Crippen LogP contribution in [0.25, 0.3) is 0 Å². The molecule has 4 N–H and O–H groups in total. The minimum absolute atomic E-state index is 0.0239. The van der Waals surface area contributed by atoms with E-state index in [2.05, 4.69) is 15.4 Å². The smallest absolute Gasteiger partial charge is 0.341 e. The quantitative estimate of drug-likeness (QED) is 0.317. The van der Waals surface area contributed by atoms with Gasteiger partial charge in [0.1, 0.15) is 16.2 Å². The number of aromatic carboxylic acids is 1. The van der Waals surface area contributed by atoms with Crippen LogP contribution in [0.3, 0.4) is 0 Å².